The molecule has 0 radical (unpaired) electrons. The van der Waals surface area contributed by atoms with Gasteiger partial charge in [-0.2, -0.15) is 4.80 Å². The number of halogens is 1. The van der Waals surface area contributed by atoms with Crippen LogP contribution in [0.25, 0.3) is 11.4 Å². The molecular weight excluding hydrogens is 309 g/mol. The topological polar surface area (TPSA) is 63.9 Å². The van der Waals surface area contributed by atoms with Crippen LogP contribution in [0.4, 0.5) is 4.39 Å². The highest BCUT2D eigenvalue weighted by molar-refractivity contribution is 5.79. The van der Waals surface area contributed by atoms with E-state index in [4.69, 9.17) is 0 Å². The molecule has 6 nitrogen and oxygen atoms in total. The van der Waals surface area contributed by atoms with E-state index < -0.39 is 6.04 Å². The lowest BCUT2D eigenvalue weighted by Crippen LogP contribution is -2.42. The molecule has 1 aliphatic rings. The van der Waals surface area contributed by atoms with Crippen LogP contribution in [-0.2, 0) is 4.79 Å². The van der Waals surface area contributed by atoms with E-state index in [9.17, 15) is 9.18 Å². The Morgan fingerprint density at radius 1 is 1.33 bits per heavy atom. The lowest BCUT2D eigenvalue weighted by molar-refractivity contribution is -0.136. The van der Waals surface area contributed by atoms with Crippen molar-refractivity contribution in [2.75, 3.05) is 7.05 Å². The van der Waals surface area contributed by atoms with E-state index in [-0.39, 0.29) is 11.7 Å². The number of nitrogens with zero attached hydrogens (tertiary/aromatic N) is 5. The molecule has 1 aliphatic carbocycles. The van der Waals surface area contributed by atoms with Crippen LogP contribution in [0.3, 0.4) is 0 Å². The van der Waals surface area contributed by atoms with E-state index in [1.54, 1.807) is 19.1 Å². The van der Waals surface area contributed by atoms with Gasteiger partial charge < -0.3 is 4.90 Å². The Hall–Kier alpha value is -2.31. The van der Waals surface area contributed by atoms with E-state index in [2.05, 4.69) is 15.4 Å². The molecule has 24 heavy (non-hydrogen) atoms. The van der Waals surface area contributed by atoms with Gasteiger partial charge in [0.25, 0.3) is 0 Å². The molecule has 1 heterocycles. The predicted octanol–water partition coefficient (Wildman–Crippen LogP) is 2.83. The lowest BCUT2D eigenvalue weighted by atomic mass is 9.94. The van der Waals surface area contributed by atoms with Gasteiger partial charge in [-0.05, 0) is 37.1 Å². The molecule has 0 spiro atoms. The van der Waals surface area contributed by atoms with Crippen molar-refractivity contribution in [3.05, 3.63) is 30.1 Å². The number of benzene rings is 1. The maximum atomic E-state index is 13.3. The second-order valence-corrected chi connectivity index (χ2v) is 6.36. The highest BCUT2D eigenvalue weighted by Crippen LogP contribution is 2.23. The number of hydrogen-bond acceptors (Lipinski definition) is 4. The Bertz CT molecular complexity index is 711. The molecule has 0 aliphatic heterocycles. The number of hydrogen-bond donors (Lipinski definition) is 0. The summed E-state index contributed by atoms with van der Waals surface area (Å²) in [6.45, 7) is 1.76. The molecule has 128 valence electrons. The summed E-state index contributed by atoms with van der Waals surface area (Å²) in [5, 5.41) is 12.2. The van der Waals surface area contributed by atoms with Gasteiger partial charge in [0.2, 0.25) is 11.7 Å². The average Bonchev–Trinajstić information content (AvgIpc) is 3.10. The van der Waals surface area contributed by atoms with Gasteiger partial charge in [0, 0.05) is 18.7 Å². The third-order valence-corrected chi connectivity index (χ3v) is 4.68. The Morgan fingerprint density at radius 3 is 2.79 bits per heavy atom. The highest BCUT2D eigenvalue weighted by atomic mass is 19.1. The number of aromatic nitrogens is 4. The first-order valence-electron chi connectivity index (χ1n) is 8.38. The van der Waals surface area contributed by atoms with Gasteiger partial charge in [-0.1, -0.05) is 31.4 Å². The second kappa shape index (κ2) is 7.07. The molecule has 1 aromatic heterocycles. The van der Waals surface area contributed by atoms with Gasteiger partial charge in [-0.25, -0.2) is 4.39 Å². The SMILES string of the molecule is C[C@H](C(=O)N(C)C1CCCCC1)n1nnc(-c2cccc(F)c2)n1. The Morgan fingerprint density at radius 2 is 2.08 bits per heavy atom. The van der Waals surface area contributed by atoms with Crippen LogP contribution in [0.15, 0.2) is 24.3 Å². The number of carbonyl (C=O) groups excluding carboxylic acids is 1. The van der Waals surface area contributed by atoms with Crippen molar-refractivity contribution >= 4 is 5.91 Å². The van der Waals surface area contributed by atoms with E-state index in [0.717, 1.165) is 12.8 Å². The molecule has 1 saturated carbocycles. The normalized spacial score (nSPS) is 16.8. The van der Waals surface area contributed by atoms with Crippen LogP contribution in [0.5, 0.6) is 0 Å². The Kier molecular flexibility index (Phi) is 4.87. The first-order chi connectivity index (χ1) is 11.6. The second-order valence-electron chi connectivity index (χ2n) is 6.36. The van der Waals surface area contributed by atoms with Crippen molar-refractivity contribution in [3.8, 4) is 11.4 Å². The number of likely N-dealkylation sites (N-methyl/N-ethyl adjacent to an activating group) is 1. The molecule has 1 amide bonds. The predicted molar refractivity (Wildman–Crippen MR) is 87.6 cm³/mol. The van der Waals surface area contributed by atoms with Gasteiger partial charge in [0.15, 0.2) is 0 Å². The fourth-order valence-corrected chi connectivity index (χ4v) is 3.17. The largest absolute Gasteiger partial charge is 0.341 e. The average molecular weight is 331 g/mol. The Labute approximate surface area is 140 Å². The fraction of sp³-hybridized carbons (Fsp3) is 0.529. The summed E-state index contributed by atoms with van der Waals surface area (Å²) in [7, 11) is 1.85. The molecule has 0 bridgehead atoms. The quantitative estimate of drug-likeness (QED) is 0.864. The minimum atomic E-state index is -0.535. The van der Waals surface area contributed by atoms with Gasteiger partial charge in [-0.15, -0.1) is 10.2 Å². The summed E-state index contributed by atoms with van der Waals surface area (Å²) in [6.07, 6.45) is 5.68. The third-order valence-electron chi connectivity index (χ3n) is 4.68. The first kappa shape index (κ1) is 16.5. The molecule has 1 atom stereocenters. The van der Waals surface area contributed by atoms with Crippen LogP contribution < -0.4 is 0 Å². The molecule has 2 aromatic rings. The molecule has 7 heteroatoms. The van der Waals surface area contributed by atoms with E-state index in [1.807, 2.05) is 11.9 Å². The van der Waals surface area contributed by atoms with Crippen molar-refractivity contribution in [1.29, 1.82) is 0 Å². The van der Waals surface area contributed by atoms with Crippen molar-refractivity contribution in [3.63, 3.8) is 0 Å². The summed E-state index contributed by atoms with van der Waals surface area (Å²) in [4.78, 5) is 15.8. The first-order valence-corrected chi connectivity index (χ1v) is 8.38. The van der Waals surface area contributed by atoms with E-state index in [1.165, 1.54) is 36.2 Å². The van der Waals surface area contributed by atoms with Gasteiger partial charge in [0.05, 0.1) is 0 Å². The maximum absolute atomic E-state index is 13.3. The van der Waals surface area contributed by atoms with Gasteiger partial charge >= 0.3 is 0 Å². The minimum absolute atomic E-state index is 0.0231. The maximum Gasteiger partial charge on any atom is 0.249 e. The van der Waals surface area contributed by atoms with Crippen LogP contribution in [0.1, 0.15) is 45.1 Å². The highest BCUT2D eigenvalue weighted by Gasteiger charge is 2.28. The summed E-state index contributed by atoms with van der Waals surface area (Å²) in [5.74, 6) is -0.0652. The van der Waals surface area contributed by atoms with Gasteiger partial charge in [-0.3, -0.25) is 4.79 Å². The van der Waals surface area contributed by atoms with Crippen molar-refractivity contribution < 1.29 is 9.18 Å². The standard InChI is InChI=1S/C17H22FN5O/c1-12(17(24)22(2)15-9-4-3-5-10-15)23-20-16(19-21-23)13-7-6-8-14(18)11-13/h6-8,11-12,15H,3-5,9-10H2,1-2H3/t12-/m1/s1. The summed E-state index contributed by atoms with van der Waals surface area (Å²) in [5.41, 5.74) is 0.543. The van der Waals surface area contributed by atoms with Crippen molar-refractivity contribution in [2.24, 2.45) is 0 Å². The molecule has 0 unspecified atom stereocenters. The molecular formula is C17H22FN5O. The molecule has 1 aromatic carbocycles. The monoisotopic (exact) mass is 331 g/mol. The Balaban J connectivity index is 1.73. The number of carbonyl (C=O) groups is 1. The number of rotatable bonds is 4. The summed E-state index contributed by atoms with van der Waals surface area (Å²) >= 11 is 0. The summed E-state index contributed by atoms with van der Waals surface area (Å²) in [6, 6.07) is 5.77. The van der Waals surface area contributed by atoms with Gasteiger partial charge in [0.1, 0.15) is 11.9 Å². The van der Waals surface area contributed by atoms with Crippen LogP contribution in [-0.4, -0.2) is 44.1 Å². The zero-order chi connectivity index (χ0) is 17.1. The fourth-order valence-electron chi connectivity index (χ4n) is 3.17. The smallest absolute Gasteiger partial charge is 0.249 e. The van der Waals surface area contributed by atoms with Crippen molar-refractivity contribution in [2.45, 2.75) is 51.1 Å². The van der Waals surface area contributed by atoms with E-state index >= 15 is 0 Å². The third kappa shape index (κ3) is 3.44. The van der Waals surface area contributed by atoms with Crippen LogP contribution in [0, 0.1) is 5.82 Å². The van der Waals surface area contributed by atoms with Crippen LogP contribution >= 0.6 is 0 Å². The molecule has 1 fully saturated rings. The lowest BCUT2D eigenvalue weighted by Gasteiger charge is -2.32. The van der Waals surface area contributed by atoms with Crippen molar-refractivity contribution in [1.82, 2.24) is 25.1 Å². The number of amides is 1. The zero-order valence-corrected chi connectivity index (χ0v) is 14.0. The van der Waals surface area contributed by atoms with Crippen LogP contribution in [0.2, 0.25) is 0 Å². The summed E-state index contributed by atoms with van der Waals surface area (Å²) < 4.78 is 13.3. The zero-order valence-electron chi connectivity index (χ0n) is 14.0. The molecule has 0 saturated heterocycles. The molecule has 0 N–H and O–H groups in total. The minimum Gasteiger partial charge on any atom is -0.341 e. The molecule has 3 rings (SSSR count). The number of tetrazole rings is 1. The van der Waals surface area contributed by atoms with E-state index in [0.29, 0.717) is 17.4 Å².